The number of benzene rings is 2. The molecule has 2 aromatic rings. The number of rotatable bonds is 3. The van der Waals surface area contributed by atoms with Crippen LogP contribution in [0.2, 0.25) is 0 Å². The van der Waals surface area contributed by atoms with Gasteiger partial charge in [-0.05, 0) is 42.8 Å². The molecule has 164 valence electrons. The van der Waals surface area contributed by atoms with Crippen LogP contribution in [0.4, 0.5) is 18.9 Å². The standard InChI is InChI=1S/C21H14F3N3O5/c22-21(23,24)11-6-4-10(5-7-11)17(29)25-13-3-1-2-12-16(13)20(32)27(19(12)31)14-8-9-15(28)26-18(14)30/h1-7,14H,8-9H2,(H,25,29)(H,26,28,30). The number of carbonyl (C=O) groups is 5. The van der Waals surface area contributed by atoms with Gasteiger partial charge in [-0.3, -0.25) is 34.2 Å². The molecule has 5 amide bonds. The molecule has 2 aromatic carbocycles. The number of halogens is 3. The maximum Gasteiger partial charge on any atom is 0.416 e. The van der Waals surface area contributed by atoms with Crippen LogP contribution in [0.3, 0.4) is 0 Å². The van der Waals surface area contributed by atoms with Gasteiger partial charge in [-0.1, -0.05) is 6.07 Å². The van der Waals surface area contributed by atoms with Crippen molar-refractivity contribution < 1.29 is 37.1 Å². The summed E-state index contributed by atoms with van der Waals surface area (Å²) in [5.74, 6) is -3.63. The van der Waals surface area contributed by atoms with Crippen LogP contribution in [0.25, 0.3) is 0 Å². The summed E-state index contributed by atoms with van der Waals surface area (Å²) in [7, 11) is 0. The van der Waals surface area contributed by atoms with E-state index in [1.165, 1.54) is 18.2 Å². The van der Waals surface area contributed by atoms with Crippen molar-refractivity contribution in [3.8, 4) is 0 Å². The monoisotopic (exact) mass is 445 g/mol. The second-order valence-electron chi connectivity index (χ2n) is 7.20. The number of anilines is 1. The first-order chi connectivity index (χ1) is 15.1. The molecule has 2 aliphatic rings. The van der Waals surface area contributed by atoms with Gasteiger partial charge in [0.2, 0.25) is 11.8 Å². The van der Waals surface area contributed by atoms with Crippen LogP contribution < -0.4 is 10.6 Å². The normalized spacial score (nSPS) is 18.5. The SMILES string of the molecule is O=C1CCC(N2C(=O)c3cccc(NC(=O)c4ccc(C(F)(F)F)cc4)c3C2=O)C(=O)N1. The molecule has 4 rings (SSSR count). The summed E-state index contributed by atoms with van der Waals surface area (Å²) in [6.45, 7) is 0. The molecule has 1 saturated heterocycles. The number of fused-ring (bicyclic) bond motifs is 1. The third-order valence-corrected chi connectivity index (χ3v) is 5.19. The highest BCUT2D eigenvalue weighted by molar-refractivity contribution is 6.26. The molecule has 1 unspecified atom stereocenters. The van der Waals surface area contributed by atoms with Gasteiger partial charge < -0.3 is 5.32 Å². The minimum Gasteiger partial charge on any atom is -0.321 e. The van der Waals surface area contributed by atoms with Crippen molar-refractivity contribution in [1.82, 2.24) is 10.2 Å². The zero-order valence-corrected chi connectivity index (χ0v) is 16.2. The van der Waals surface area contributed by atoms with E-state index < -0.39 is 47.3 Å². The Balaban J connectivity index is 1.60. The second-order valence-corrected chi connectivity index (χ2v) is 7.20. The molecule has 0 bridgehead atoms. The molecule has 0 saturated carbocycles. The number of imide groups is 2. The Hall–Kier alpha value is -4.02. The third-order valence-electron chi connectivity index (χ3n) is 5.19. The summed E-state index contributed by atoms with van der Waals surface area (Å²) in [5.41, 5.74) is -1.21. The summed E-state index contributed by atoms with van der Waals surface area (Å²) in [4.78, 5) is 62.6. The Kier molecular flexibility index (Phi) is 5.03. The van der Waals surface area contributed by atoms with Crippen LogP contribution in [0, 0.1) is 0 Å². The maximum atomic E-state index is 13.0. The van der Waals surface area contributed by atoms with Crippen molar-refractivity contribution in [3.63, 3.8) is 0 Å². The van der Waals surface area contributed by atoms with E-state index in [1.807, 2.05) is 0 Å². The maximum absolute atomic E-state index is 13.0. The predicted molar refractivity (Wildman–Crippen MR) is 103 cm³/mol. The largest absolute Gasteiger partial charge is 0.416 e. The summed E-state index contributed by atoms with van der Waals surface area (Å²) in [5, 5.41) is 4.52. The number of alkyl halides is 3. The molecule has 32 heavy (non-hydrogen) atoms. The van der Waals surface area contributed by atoms with Crippen molar-refractivity contribution >= 4 is 35.2 Å². The average Bonchev–Trinajstić information content (AvgIpc) is 2.99. The molecule has 0 spiro atoms. The van der Waals surface area contributed by atoms with Gasteiger partial charge in [0, 0.05) is 12.0 Å². The van der Waals surface area contributed by atoms with E-state index >= 15 is 0 Å². The Bertz CT molecular complexity index is 1170. The van der Waals surface area contributed by atoms with Crippen LogP contribution in [0.15, 0.2) is 42.5 Å². The molecule has 8 nitrogen and oxygen atoms in total. The van der Waals surface area contributed by atoms with Crippen LogP contribution in [0.1, 0.15) is 49.5 Å². The summed E-state index contributed by atoms with van der Waals surface area (Å²) < 4.78 is 38.1. The Labute approximate surface area is 178 Å². The highest BCUT2D eigenvalue weighted by Crippen LogP contribution is 2.33. The van der Waals surface area contributed by atoms with Crippen molar-refractivity contribution in [2.24, 2.45) is 0 Å². The van der Waals surface area contributed by atoms with Crippen LogP contribution in [-0.2, 0) is 15.8 Å². The fourth-order valence-electron chi connectivity index (χ4n) is 3.62. The molecule has 0 aromatic heterocycles. The Morgan fingerprint density at radius 1 is 1.00 bits per heavy atom. The highest BCUT2D eigenvalue weighted by atomic mass is 19.4. The smallest absolute Gasteiger partial charge is 0.321 e. The van der Waals surface area contributed by atoms with Crippen molar-refractivity contribution in [1.29, 1.82) is 0 Å². The molecule has 2 heterocycles. The van der Waals surface area contributed by atoms with Crippen molar-refractivity contribution in [2.75, 3.05) is 5.32 Å². The zero-order valence-electron chi connectivity index (χ0n) is 16.2. The molecule has 1 fully saturated rings. The van der Waals surface area contributed by atoms with Crippen LogP contribution in [0.5, 0.6) is 0 Å². The first-order valence-corrected chi connectivity index (χ1v) is 9.41. The molecule has 2 aliphatic heterocycles. The number of hydrogen-bond acceptors (Lipinski definition) is 5. The minimum absolute atomic E-state index is 0.0244. The van der Waals surface area contributed by atoms with Crippen LogP contribution in [-0.4, -0.2) is 40.5 Å². The molecular weight excluding hydrogens is 431 g/mol. The van der Waals surface area contributed by atoms with E-state index in [0.717, 1.165) is 29.2 Å². The number of piperidine rings is 1. The van der Waals surface area contributed by atoms with Gasteiger partial charge in [0.25, 0.3) is 17.7 Å². The van der Waals surface area contributed by atoms with Gasteiger partial charge in [-0.25, -0.2) is 0 Å². The predicted octanol–water partition coefficient (Wildman–Crippen LogP) is 2.36. The number of hydrogen-bond donors (Lipinski definition) is 2. The minimum atomic E-state index is -4.55. The molecule has 1 atom stereocenters. The van der Waals surface area contributed by atoms with Crippen molar-refractivity contribution in [2.45, 2.75) is 25.1 Å². The number of carbonyl (C=O) groups excluding carboxylic acids is 5. The lowest BCUT2D eigenvalue weighted by Gasteiger charge is -2.27. The molecule has 0 radical (unpaired) electrons. The van der Waals surface area contributed by atoms with E-state index in [1.54, 1.807) is 0 Å². The lowest BCUT2D eigenvalue weighted by Crippen LogP contribution is -2.54. The first-order valence-electron chi connectivity index (χ1n) is 9.41. The average molecular weight is 445 g/mol. The molecule has 0 aliphatic carbocycles. The molecule has 2 N–H and O–H groups in total. The van der Waals surface area contributed by atoms with Gasteiger partial charge in [-0.15, -0.1) is 0 Å². The van der Waals surface area contributed by atoms with Gasteiger partial charge in [0.1, 0.15) is 6.04 Å². The van der Waals surface area contributed by atoms with E-state index in [0.29, 0.717) is 0 Å². The van der Waals surface area contributed by atoms with Gasteiger partial charge in [-0.2, -0.15) is 13.2 Å². The lowest BCUT2D eigenvalue weighted by molar-refractivity contribution is -0.138. The quantitative estimate of drug-likeness (QED) is 0.705. The summed E-state index contributed by atoms with van der Waals surface area (Å²) in [6.07, 6.45) is -4.62. The van der Waals surface area contributed by atoms with Gasteiger partial charge in [0.15, 0.2) is 0 Å². The summed E-state index contributed by atoms with van der Waals surface area (Å²) in [6, 6.07) is 6.45. The third kappa shape index (κ3) is 3.61. The lowest BCUT2D eigenvalue weighted by atomic mass is 10.0. The number of nitrogens with zero attached hydrogens (tertiary/aromatic N) is 1. The Morgan fingerprint density at radius 2 is 1.69 bits per heavy atom. The fourth-order valence-corrected chi connectivity index (χ4v) is 3.62. The van der Waals surface area contributed by atoms with Gasteiger partial charge in [0.05, 0.1) is 22.4 Å². The summed E-state index contributed by atoms with van der Waals surface area (Å²) >= 11 is 0. The highest BCUT2D eigenvalue weighted by Gasteiger charge is 2.45. The molecular formula is C21H14F3N3O5. The number of nitrogens with one attached hydrogen (secondary N) is 2. The topological polar surface area (TPSA) is 113 Å². The van der Waals surface area contributed by atoms with E-state index in [9.17, 15) is 37.1 Å². The van der Waals surface area contributed by atoms with E-state index in [4.69, 9.17) is 0 Å². The molecule has 11 heteroatoms. The second kappa shape index (κ2) is 7.59. The van der Waals surface area contributed by atoms with E-state index in [2.05, 4.69) is 10.6 Å². The van der Waals surface area contributed by atoms with Crippen LogP contribution >= 0.6 is 0 Å². The Morgan fingerprint density at radius 3 is 2.31 bits per heavy atom. The van der Waals surface area contributed by atoms with E-state index in [-0.39, 0.29) is 35.2 Å². The first kappa shape index (κ1) is 21.2. The zero-order chi connectivity index (χ0) is 23.2. The fraction of sp³-hybridized carbons (Fsp3) is 0.190. The van der Waals surface area contributed by atoms with Crippen molar-refractivity contribution in [3.05, 3.63) is 64.7 Å². The van der Waals surface area contributed by atoms with Gasteiger partial charge >= 0.3 is 6.18 Å². The number of amides is 5.